The van der Waals surface area contributed by atoms with E-state index < -0.39 is 22.2 Å². The number of nitrogens with zero attached hydrogens (tertiary/aromatic N) is 1. The van der Waals surface area contributed by atoms with Crippen LogP contribution in [0.2, 0.25) is 0 Å². The third-order valence-electron chi connectivity index (χ3n) is 4.19. The van der Waals surface area contributed by atoms with Crippen molar-refractivity contribution in [1.82, 2.24) is 4.90 Å². The smallest absolute Gasteiger partial charge is 0.249 e. The van der Waals surface area contributed by atoms with Gasteiger partial charge >= 0.3 is 0 Å². The number of carbonyl (C=O) groups excluding carboxylic acids is 1. The first-order chi connectivity index (χ1) is 12.1. The number of aliphatic hydroxyl groups is 1. The van der Waals surface area contributed by atoms with Gasteiger partial charge in [0.15, 0.2) is 0 Å². The third kappa shape index (κ3) is 4.96. The summed E-state index contributed by atoms with van der Waals surface area (Å²) in [5.74, 6) is -0.0564. The van der Waals surface area contributed by atoms with Gasteiger partial charge in [0.1, 0.15) is 12.7 Å². The molecule has 26 heavy (non-hydrogen) atoms. The number of ether oxygens (including phenoxy) is 1. The molecule has 1 aliphatic heterocycles. The number of aliphatic hydroxyl groups excluding tert-OH is 1. The molecular formula is C18H28N2O5S. The molecule has 8 heteroatoms. The zero-order chi connectivity index (χ0) is 19.5. The van der Waals surface area contributed by atoms with E-state index in [1.54, 1.807) is 29.2 Å². The van der Waals surface area contributed by atoms with Crippen molar-refractivity contribution in [2.45, 2.75) is 45.9 Å². The molecule has 0 unspecified atom stereocenters. The molecule has 146 valence electrons. The Morgan fingerprint density at radius 1 is 1.23 bits per heavy atom. The highest BCUT2D eigenvalue weighted by Crippen LogP contribution is 2.31. The van der Waals surface area contributed by atoms with Gasteiger partial charge in [0.05, 0.1) is 18.4 Å². The number of hydrogen-bond donors (Lipinski definition) is 2. The summed E-state index contributed by atoms with van der Waals surface area (Å²) in [7, 11) is -3.39. The van der Waals surface area contributed by atoms with Crippen molar-refractivity contribution in [3.8, 4) is 0 Å². The van der Waals surface area contributed by atoms with Gasteiger partial charge in [-0.3, -0.25) is 9.52 Å². The van der Waals surface area contributed by atoms with Crippen LogP contribution < -0.4 is 4.72 Å². The number of rotatable bonds is 7. The maximum atomic E-state index is 12.1. The molecule has 7 nitrogen and oxygen atoms in total. The quantitative estimate of drug-likeness (QED) is 0.747. The summed E-state index contributed by atoms with van der Waals surface area (Å²) in [5, 5.41) is 9.79. The number of nitrogens with one attached hydrogen (secondary N) is 1. The van der Waals surface area contributed by atoms with Crippen LogP contribution in [0.1, 0.15) is 39.4 Å². The van der Waals surface area contributed by atoms with Crippen LogP contribution in [0.4, 0.5) is 5.69 Å². The number of benzene rings is 1. The van der Waals surface area contributed by atoms with Gasteiger partial charge in [-0.2, -0.15) is 0 Å². The number of hydrogen-bond acceptors (Lipinski definition) is 5. The summed E-state index contributed by atoms with van der Waals surface area (Å²) >= 11 is 0. The van der Waals surface area contributed by atoms with Crippen LogP contribution in [0, 0.1) is 5.92 Å². The molecule has 0 radical (unpaired) electrons. The molecule has 1 heterocycles. The highest BCUT2D eigenvalue weighted by atomic mass is 32.2. The summed E-state index contributed by atoms with van der Waals surface area (Å²) in [6.07, 6.45) is -0.457. The first-order valence-electron chi connectivity index (χ1n) is 8.78. The lowest BCUT2D eigenvalue weighted by Gasteiger charge is -2.42. The Labute approximate surface area is 155 Å². The van der Waals surface area contributed by atoms with Crippen molar-refractivity contribution in [2.24, 2.45) is 5.92 Å². The van der Waals surface area contributed by atoms with E-state index in [4.69, 9.17) is 4.74 Å². The predicted octanol–water partition coefficient (Wildman–Crippen LogP) is 1.75. The standard InChI is InChI=1S/C18H28N2O5S/c1-12(2)11-26(23,24)19-15-7-5-14(6-8-15)18-16(9-21)20(13(3)4)17(22)10-25-18/h5-8,12-13,16,18-19,21H,9-11H2,1-4H3/t16-,18-/m1/s1. The molecule has 2 atom stereocenters. The van der Waals surface area contributed by atoms with Crippen LogP contribution >= 0.6 is 0 Å². The molecule has 1 aromatic rings. The Morgan fingerprint density at radius 2 is 1.85 bits per heavy atom. The molecule has 2 N–H and O–H groups in total. The highest BCUT2D eigenvalue weighted by molar-refractivity contribution is 7.92. The van der Waals surface area contributed by atoms with Gasteiger partial charge in [-0.15, -0.1) is 0 Å². The number of sulfonamides is 1. The van der Waals surface area contributed by atoms with Crippen molar-refractivity contribution in [2.75, 3.05) is 23.7 Å². The largest absolute Gasteiger partial charge is 0.394 e. The Bertz CT molecular complexity index is 716. The van der Waals surface area contributed by atoms with E-state index in [9.17, 15) is 18.3 Å². The van der Waals surface area contributed by atoms with E-state index in [-0.39, 0.29) is 36.8 Å². The van der Waals surface area contributed by atoms with Crippen molar-refractivity contribution in [1.29, 1.82) is 0 Å². The summed E-state index contributed by atoms with van der Waals surface area (Å²) in [5.41, 5.74) is 1.26. The van der Waals surface area contributed by atoms with Crippen LogP contribution in [0.15, 0.2) is 24.3 Å². The Hall–Kier alpha value is -1.64. The minimum absolute atomic E-state index is 0.0345. The Morgan fingerprint density at radius 3 is 2.35 bits per heavy atom. The lowest BCUT2D eigenvalue weighted by Crippen LogP contribution is -2.55. The lowest BCUT2D eigenvalue weighted by atomic mass is 9.98. The van der Waals surface area contributed by atoms with Gasteiger partial charge in [0.2, 0.25) is 15.9 Å². The first-order valence-corrected chi connectivity index (χ1v) is 10.4. The molecule has 1 aromatic carbocycles. The van der Waals surface area contributed by atoms with Gasteiger partial charge in [-0.05, 0) is 37.5 Å². The second-order valence-corrected chi connectivity index (χ2v) is 9.04. The molecule has 1 saturated heterocycles. The zero-order valence-corrected chi connectivity index (χ0v) is 16.5. The van der Waals surface area contributed by atoms with Crippen molar-refractivity contribution < 1.29 is 23.1 Å². The van der Waals surface area contributed by atoms with Crippen LogP contribution in [0.5, 0.6) is 0 Å². The second kappa shape index (κ2) is 8.37. The molecule has 0 aromatic heterocycles. The fourth-order valence-electron chi connectivity index (χ4n) is 3.25. The molecule has 1 aliphatic rings. The molecule has 0 saturated carbocycles. The summed E-state index contributed by atoms with van der Waals surface area (Å²) in [6, 6.07) is 6.33. The normalized spacial score (nSPS) is 21.5. The van der Waals surface area contributed by atoms with Crippen molar-refractivity contribution >= 4 is 21.6 Å². The van der Waals surface area contributed by atoms with E-state index in [1.165, 1.54) is 0 Å². The number of carbonyl (C=O) groups is 1. The SMILES string of the molecule is CC(C)CS(=O)(=O)Nc1ccc([C@H]2OCC(=O)N(C(C)C)[C@@H]2CO)cc1. The van der Waals surface area contributed by atoms with E-state index in [1.807, 2.05) is 27.7 Å². The average molecular weight is 384 g/mol. The first kappa shape index (κ1) is 20.7. The topological polar surface area (TPSA) is 95.9 Å². The maximum Gasteiger partial charge on any atom is 0.249 e. The predicted molar refractivity (Wildman–Crippen MR) is 100 cm³/mol. The van der Waals surface area contributed by atoms with Gasteiger partial charge in [-0.25, -0.2) is 8.42 Å². The zero-order valence-electron chi connectivity index (χ0n) is 15.7. The average Bonchev–Trinajstić information content (AvgIpc) is 2.53. The van der Waals surface area contributed by atoms with Crippen LogP contribution in [-0.4, -0.2) is 55.4 Å². The summed E-state index contributed by atoms with van der Waals surface area (Å²) in [4.78, 5) is 13.7. The van der Waals surface area contributed by atoms with Gasteiger partial charge in [0, 0.05) is 11.7 Å². The van der Waals surface area contributed by atoms with Gasteiger partial charge < -0.3 is 14.7 Å². The lowest BCUT2D eigenvalue weighted by molar-refractivity contribution is -0.164. The van der Waals surface area contributed by atoms with Crippen LogP contribution in [0.3, 0.4) is 0 Å². The third-order valence-corrected chi connectivity index (χ3v) is 5.84. The fourth-order valence-corrected chi connectivity index (χ4v) is 4.71. The summed E-state index contributed by atoms with van der Waals surface area (Å²) in [6.45, 7) is 7.24. The molecule has 2 rings (SSSR count). The number of amides is 1. The molecule has 1 fully saturated rings. The Kier molecular flexibility index (Phi) is 6.65. The van der Waals surface area contributed by atoms with Crippen molar-refractivity contribution in [3.63, 3.8) is 0 Å². The van der Waals surface area contributed by atoms with Crippen LogP contribution in [0.25, 0.3) is 0 Å². The second-order valence-electron chi connectivity index (χ2n) is 7.28. The molecule has 0 spiro atoms. The van der Waals surface area contributed by atoms with E-state index in [2.05, 4.69) is 4.72 Å². The minimum Gasteiger partial charge on any atom is -0.394 e. The van der Waals surface area contributed by atoms with Gasteiger partial charge in [-0.1, -0.05) is 26.0 Å². The Balaban J connectivity index is 2.18. The molecule has 0 aliphatic carbocycles. The van der Waals surface area contributed by atoms with Gasteiger partial charge in [0.25, 0.3) is 0 Å². The monoisotopic (exact) mass is 384 g/mol. The number of morpholine rings is 1. The van der Waals surface area contributed by atoms with E-state index in [0.717, 1.165) is 5.56 Å². The molecule has 1 amide bonds. The highest BCUT2D eigenvalue weighted by Gasteiger charge is 2.38. The maximum absolute atomic E-state index is 12.1. The van der Waals surface area contributed by atoms with Crippen molar-refractivity contribution in [3.05, 3.63) is 29.8 Å². The molecule has 0 bridgehead atoms. The summed E-state index contributed by atoms with van der Waals surface area (Å²) < 4.78 is 32.3. The molecular weight excluding hydrogens is 356 g/mol. The number of anilines is 1. The van der Waals surface area contributed by atoms with E-state index >= 15 is 0 Å². The van der Waals surface area contributed by atoms with Crippen LogP contribution in [-0.2, 0) is 19.6 Å². The van der Waals surface area contributed by atoms with E-state index in [0.29, 0.717) is 5.69 Å². The fraction of sp³-hybridized carbons (Fsp3) is 0.611. The minimum atomic E-state index is -3.39.